The second-order valence-electron chi connectivity index (χ2n) is 3.84. The Balaban J connectivity index is 2.10. The fraction of sp³-hybridized carbons (Fsp3) is 0.600. The van der Waals surface area contributed by atoms with Crippen LogP contribution in [0.4, 0.5) is 0 Å². The Bertz CT molecular complexity index is 323. The summed E-state index contributed by atoms with van der Waals surface area (Å²) < 4.78 is 0. The first-order valence-corrected chi connectivity index (χ1v) is 5.86. The monoisotopic (exact) mass is 210 g/mol. The van der Waals surface area contributed by atoms with E-state index in [1.54, 1.807) is 11.3 Å². The Hall–Kier alpha value is -0.900. The van der Waals surface area contributed by atoms with Gasteiger partial charge in [0.05, 0.1) is 11.2 Å². The molecule has 0 bridgehead atoms. The van der Waals surface area contributed by atoms with Crippen LogP contribution in [0.5, 0.6) is 0 Å². The molecule has 2 heterocycles. The number of amides is 1. The minimum Gasteiger partial charge on any atom is -0.350 e. The molecule has 1 aromatic rings. The number of rotatable bonds is 3. The number of aromatic nitrogens is 1. The van der Waals surface area contributed by atoms with E-state index in [1.807, 2.05) is 5.51 Å². The fourth-order valence-corrected chi connectivity index (χ4v) is 2.53. The van der Waals surface area contributed by atoms with Gasteiger partial charge in [-0.15, -0.1) is 11.3 Å². The molecule has 4 heteroatoms. The minimum absolute atomic E-state index is 0.0227. The van der Waals surface area contributed by atoms with Gasteiger partial charge >= 0.3 is 0 Å². The van der Waals surface area contributed by atoms with E-state index < -0.39 is 0 Å². The second-order valence-corrected chi connectivity index (χ2v) is 4.56. The van der Waals surface area contributed by atoms with Gasteiger partial charge in [0, 0.05) is 23.8 Å². The van der Waals surface area contributed by atoms with Gasteiger partial charge in [0.2, 0.25) is 5.91 Å². The standard InChI is InChI=1S/C10H14N2OS/c1-2-10(4-3-9(13)12-10)5-8-6-14-7-11-8/h6-7H,2-5H2,1H3,(H,12,13). The smallest absolute Gasteiger partial charge is 0.220 e. The predicted molar refractivity (Wildman–Crippen MR) is 56.2 cm³/mol. The normalized spacial score (nSPS) is 26.5. The Morgan fingerprint density at radius 2 is 2.57 bits per heavy atom. The molecule has 1 aliphatic rings. The third kappa shape index (κ3) is 1.80. The zero-order valence-electron chi connectivity index (χ0n) is 8.25. The maximum absolute atomic E-state index is 11.2. The van der Waals surface area contributed by atoms with Crippen LogP contribution in [0.15, 0.2) is 10.9 Å². The van der Waals surface area contributed by atoms with E-state index in [0.717, 1.165) is 25.0 Å². The summed E-state index contributed by atoms with van der Waals surface area (Å²) in [6.07, 6.45) is 3.47. The number of nitrogens with one attached hydrogen (secondary N) is 1. The first kappa shape index (κ1) is 9.65. The van der Waals surface area contributed by atoms with Gasteiger partial charge in [0.25, 0.3) is 0 Å². The molecule has 1 saturated heterocycles. The molecule has 0 aromatic carbocycles. The maximum atomic E-state index is 11.2. The molecule has 1 fully saturated rings. The van der Waals surface area contributed by atoms with Gasteiger partial charge in [-0.3, -0.25) is 4.79 Å². The van der Waals surface area contributed by atoms with Crippen LogP contribution in [0.3, 0.4) is 0 Å². The lowest BCUT2D eigenvalue weighted by atomic mass is 9.89. The Morgan fingerprint density at radius 1 is 1.71 bits per heavy atom. The summed E-state index contributed by atoms with van der Waals surface area (Å²) in [4.78, 5) is 15.5. The van der Waals surface area contributed by atoms with Crippen molar-refractivity contribution in [1.29, 1.82) is 0 Å². The van der Waals surface area contributed by atoms with Gasteiger partial charge in [-0.25, -0.2) is 4.98 Å². The van der Waals surface area contributed by atoms with Crippen molar-refractivity contribution in [2.75, 3.05) is 0 Å². The molecule has 1 N–H and O–H groups in total. The SMILES string of the molecule is CCC1(Cc2cscn2)CCC(=O)N1. The first-order chi connectivity index (χ1) is 6.74. The van der Waals surface area contributed by atoms with E-state index in [-0.39, 0.29) is 11.4 Å². The largest absolute Gasteiger partial charge is 0.350 e. The molecule has 2 rings (SSSR count). The number of hydrogen-bond donors (Lipinski definition) is 1. The summed E-state index contributed by atoms with van der Waals surface area (Å²) >= 11 is 1.61. The van der Waals surface area contributed by atoms with Crippen molar-refractivity contribution in [2.24, 2.45) is 0 Å². The van der Waals surface area contributed by atoms with Gasteiger partial charge in [0.15, 0.2) is 0 Å². The van der Waals surface area contributed by atoms with Crippen molar-refractivity contribution in [3.05, 3.63) is 16.6 Å². The van der Waals surface area contributed by atoms with Crippen molar-refractivity contribution in [3.63, 3.8) is 0 Å². The molecule has 0 aliphatic carbocycles. The van der Waals surface area contributed by atoms with Gasteiger partial charge in [-0.1, -0.05) is 6.92 Å². The van der Waals surface area contributed by atoms with E-state index in [2.05, 4.69) is 22.6 Å². The molecule has 76 valence electrons. The summed E-state index contributed by atoms with van der Waals surface area (Å²) in [7, 11) is 0. The average Bonchev–Trinajstić information content (AvgIpc) is 2.77. The lowest BCUT2D eigenvalue weighted by Crippen LogP contribution is -2.43. The summed E-state index contributed by atoms with van der Waals surface area (Å²) in [6.45, 7) is 2.12. The second kappa shape index (κ2) is 3.69. The summed E-state index contributed by atoms with van der Waals surface area (Å²) in [6, 6.07) is 0. The van der Waals surface area contributed by atoms with Crippen molar-refractivity contribution < 1.29 is 4.79 Å². The number of carbonyl (C=O) groups is 1. The van der Waals surface area contributed by atoms with Crippen LogP contribution in [0, 0.1) is 0 Å². The third-order valence-electron chi connectivity index (χ3n) is 2.91. The molecule has 1 amide bonds. The molecule has 0 saturated carbocycles. The first-order valence-electron chi connectivity index (χ1n) is 4.92. The van der Waals surface area contributed by atoms with Crippen LogP contribution in [0.2, 0.25) is 0 Å². The molecule has 1 unspecified atom stereocenters. The van der Waals surface area contributed by atoms with Crippen LogP contribution < -0.4 is 5.32 Å². The van der Waals surface area contributed by atoms with Crippen LogP contribution in [0.1, 0.15) is 31.9 Å². The average molecular weight is 210 g/mol. The van der Waals surface area contributed by atoms with Crippen molar-refractivity contribution in [2.45, 2.75) is 38.1 Å². The molecular weight excluding hydrogens is 196 g/mol. The van der Waals surface area contributed by atoms with Crippen LogP contribution in [-0.2, 0) is 11.2 Å². The summed E-state index contributed by atoms with van der Waals surface area (Å²) in [5, 5.41) is 5.14. The lowest BCUT2D eigenvalue weighted by molar-refractivity contribution is -0.119. The quantitative estimate of drug-likeness (QED) is 0.825. The topological polar surface area (TPSA) is 42.0 Å². The van der Waals surface area contributed by atoms with Gasteiger partial charge in [-0.05, 0) is 12.8 Å². The molecule has 1 aliphatic heterocycles. The Morgan fingerprint density at radius 3 is 3.07 bits per heavy atom. The number of thiazole rings is 1. The van der Waals surface area contributed by atoms with Gasteiger partial charge in [0.1, 0.15) is 0 Å². The highest BCUT2D eigenvalue weighted by Gasteiger charge is 2.36. The number of nitrogens with zero attached hydrogens (tertiary/aromatic N) is 1. The van der Waals surface area contributed by atoms with Crippen molar-refractivity contribution in [1.82, 2.24) is 10.3 Å². The fourth-order valence-electron chi connectivity index (χ4n) is 1.97. The molecule has 0 radical (unpaired) electrons. The van der Waals surface area contributed by atoms with Crippen LogP contribution >= 0.6 is 11.3 Å². The lowest BCUT2D eigenvalue weighted by Gasteiger charge is -2.26. The Kier molecular flexibility index (Phi) is 2.54. The van der Waals surface area contributed by atoms with E-state index in [1.165, 1.54) is 0 Å². The zero-order chi connectivity index (χ0) is 10.0. The van der Waals surface area contributed by atoms with E-state index in [0.29, 0.717) is 6.42 Å². The van der Waals surface area contributed by atoms with E-state index >= 15 is 0 Å². The van der Waals surface area contributed by atoms with Gasteiger partial charge in [-0.2, -0.15) is 0 Å². The van der Waals surface area contributed by atoms with E-state index in [4.69, 9.17) is 0 Å². The van der Waals surface area contributed by atoms with E-state index in [9.17, 15) is 4.79 Å². The molecule has 3 nitrogen and oxygen atoms in total. The molecule has 1 atom stereocenters. The molecular formula is C10H14N2OS. The van der Waals surface area contributed by atoms with Crippen molar-refractivity contribution >= 4 is 17.2 Å². The highest BCUT2D eigenvalue weighted by Crippen LogP contribution is 2.27. The van der Waals surface area contributed by atoms with Crippen molar-refractivity contribution in [3.8, 4) is 0 Å². The number of carbonyl (C=O) groups excluding carboxylic acids is 1. The maximum Gasteiger partial charge on any atom is 0.220 e. The zero-order valence-corrected chi connectivity index (χ0v) is 9.06. The third-order valence-corrected chi connectivity index (χ3v) is 3.55. The molecule has 1 aromatic heterocycles. The van der Waals surface area contributed by atoms with Gasteiger partial charge < -0.3 is 5.32 Å². The number of hydrogen-bond acceptors (Lipinski definition) is 3. The highest BCUT2D eigenvalue weighted by molar-refractivity contribution is 7.07. The Labute approximate surface area is 87.6 Å². The highest BCUT2D eigenvalue weighted by atomic mass is 32.1. The minimum atomic E-state index is -0.0227. The summed E-state index contributed by atoms with van der Waals surface area (Å²) in [5.74, 6) is 0.182. The van der Waals surface area contributed by atoms with Crippen LogP contribution in [0.25, 0.3) is 0 Å². The predicted octanol–water partition coefficient (Wildman–Crippen LogP) is 1.74. The summed E-state index contributed by atoms with van der Waals surface area (Å²) in [5.41, 5.74) is 2.92. The molecule has 0 spiro atoms. The van der Waals surface area contributed by atoms with Crippen LogP contribution in [-0.4, -0.2) is 16.4 Å². The molecule has 14 heavy (non-hydrogen) atoms.